The van der Waals surface area contributed by atoms with Gasteiger partial charge >= 0.3 is 0 Å². The molecule has 8 heteroatoms. The summed E-state index contributed by atoms with van der Waals surface area (Å²) >= 11 is 3.47. The molecule has 4 rings (SSSR count). The number of carbonyl (C=O) groups excluding carboxylic acids is 3. The van der Waals surface area contributed by atoms with E-state index in [0.29, 0.717) is 25.3 Å². The number of halogens is 1. The predicted octanol–water partition coefficient (Wildman–Crippen LogP) is 1.86. The highest BCUT2D eigenvalue weighted by Gasteiger charge is 2.70. The molecule has 0 aromatic heterocycles. The summed E-state index contributed by atoms with van der Waals surface area (Å²) < 4.78 is 5.89. The molecule has 3 amide bonds. The molecule has 28 heavy (non-hydrogen) atoms. The summed E-state index contributed by atoms with van der Waals surface area (Å²) in [6.45, 7) is 4.80. The van der Waals surface area contributed by atoms with Gasteiger partial charge in [0.1, 0.15) is 5.54 Å². The second-order valence-corrected chi connectivity index (χ2v) is 8.96. The Kier molecular flexibility index (Phi) is 4.84. The van der Waals surface area contributed by atoms with E-state index >= 15 is 0 Å². The first-order valence-electron chi connectivity index (χ1n) is 9.56. The number of nitrogens with zero attached hydrogens (tertiary/aromatic N) is 1. The van der Waals surface area contributed by atoms with E-state index in [-0.39, 0.29) is 29.7 Å². The van der Waals surface area contributed by atoms with Gasteiger partial charge in [0.25, 0.3) is 0 Å². The van der Waals surface area contributed by atoms with Crippen molar-refractivity contribution in [2.45, 2.75) is 31.8 Å². The quantitative estimate of drug-likeness (QED) is 0.529. The van der Waals surface area contributed by atoms with Crippen molar-refractivity contribution >= 4 is 39.3 Å². The number of benzene rings is 1. The summed E-state index contributed by atoms with van der Waals surface area (Å²) in [5.41, 5.74) is 0.188. The minimum atomic E-state index is -1.22. The van der Waals surface area contributed by atoms with E-state index in [1.54, 1.807) is 7.11 Å². The number of carbonyl (C=O) groups is 3. The van der Waals surface area contributed by atoms with Crippen LogP contribution in [0.25, 0.3) is 0 Å². The van der Waals surface area contributed by atoms with E-state index in [1.165, 1.54) is 4.90 Å². The van der Waals surface area contributed by atoms with Crippen LogP contribution in [0.1, 0.15) is 25.8 Å². The van der Waals surface area contributed by atoms with Crippen molar-refractivity contribution in [3.63, 3.8) is 0 Å². The van der Waals surface area contributed by atoms with Gasteiger partial charge in [-0.3, -0.25) is 24.6 Å². The number of anilines is 1. The van der Waals surface area contributed by atoms with E-state index in [2.05, 4.69) is 26.6 Å². The van der Waals surface area contributed by atoms with Crippen molar-refractivity contribution in [3.05, 3.63) is 28.2 Å². The largest absolute Gasteiger partial charge is 0.385 e. The van der Waals surface area contributed by atoms with E-state index in [4.69, 9.17) is 4.74 Å². The lowest BCUT2D eigenvalue weighted by Gasteiger charge is -2.30. The van der Waals surface area contributed by atoms with Gasteiger partial charge in [0, 0.05) is 42.0 Å². The normalized spacial score (nSPS) is 31.1. The Bertz CT molecular complexity index is 858. The van der Waals surface area contributed by atoms with Crippen LogP contribution in [-0.2, 0) is 24.7 Å². The molecule has 2 saturated heterocycles. The molecule has 3 aliphatic heterocycles. The molecule has 2 fully saturated rings. The first-order chi connectivity index (χ1) is 13.3. The molecule has 7 nitrogen and oxygen atoms in total. The fourth-order valence-electron chi connectivity index (χ4n) is 4.93. The van der Waals surface area contributed by atoms with Gasteiger partial charge in [-0.2, -0.15) is 0 Å². The summed E-state index contributed by atoms with van der Waals surface area (Å²) in [5.74, 6) is -1.93. The van der Waals surface area contributed by atoms with E-state index in [9.17, 15) is 14.4 Å². The second kappa shape index (κ2) is 6.93. The smallest absolute Gasteiger partial charge is 0.250 e. The predicted molar refractivity (Wildman–Crippen MR) is 106 cm³/mol. The van der Waals surface area contributed by atoms with Crippen LogP contribution in [0.15, 0.2) is 22.7 Å². The van der Waals surface area contributed by atoms with Crippen LogP contribution in [0.2, 0.25) is 0 Å². The van der Waals surface area contributed by atoms with Crippen molar-refractivity contribution in [2.24, 2.45) is 17.8 Å². The number of nitrogens with one attached hydrogen (secondary N) is 2. The number of ether oxygens (including phenoxy) is 1. The Morgan fingerprint density at radius 2 is 2.00 bits per heavy atom. The number of likely N-dealkylation sites (tertiary alicyclic amines) is 1. The first-order valence-corrected chi connectivity index (χ1v) is 10.4. The maximum atomic E-state index is 13.4. The Morgan fingerprint density at radius 3 is 2.68 bits per heavy atom. The third kappa shape index (κ3) is 2.58. The van der Waals surface area contributed by atoms with E-state index in [1.807, 2.05) is 32.0 Å². The number of hydrogen-bond acceptors (Lipinski definition) is 5. The van der Waals surface area contributed by atoms with Gasteiger partial charge in [-0.05, 0) is 30.5 Å². The highest BCUT2D eigenvalue weighted by atomic mass is 79.9. The monoisotopic (exact) mass is 449 g/mol. The molecule has 3 aliphatic rings. The molecule has 1 aromatic carbocycles. The Hall–Kier alpha value is -1.77. The summed E-state index contributed by atoms with van der Waals surface area (Å²) in [4.78, 5) is 41.1. The highest BCUT2D eigenvalue weighted by molar-refractivity contribution is 9.10. The molecule has 1 aromatic rings. The molecule has 3 heterocycles. The van der Waals surface area contributed by atoms with Crippen molar-refractivity contribution in [2.75, 3.05) is 25.6 Å². The molecule has 2 N–H and O–H groups in total. The van der Waals surface area contributed by atoms with Gasteiger partial charge in [-0.15, -0.1) is 0 Å². The standard InChI is InChI=1S/C20H24BrN3O4/c1-10(2)16-14-15(18(26)24(17(14)25)7-4-8-28-3)20(23-16)12-9-11(21)5-6-13(12)22-19(20)27/h5-6,9-10,14-16,23H,4,7-8H2,1-3H3,(H,22,27). The SMILES string of the molecule is COCCCN1C(=O)C2C(C(C)C)NC3(C(=O)Nc4ccc(Br)cc43)C2C1=O. The summed E-state index contributed by atoms with van der Waals surface area (Å²) in [6.07, 6.45) is 0.578. The molecule has 0 bridgehead atoms. The third-order valence-corrected chi connectivity index (χ3v) is 6.64. The van der Waals surface area contributed by atoms with Gasteiger partial charge in [0.05, 0.1) is 11.8 Å². The minimum Gasteiger partial charge on any atom is -0.385 e. The maximum Gasteiger partial charge on any atom is 0.250 e. The Balaban J connectivity index is 1.81. The highest BCUT2D eigenvalue weighted by Crippen LogP contribution is 2.54. The van der Waals surface area contributed by atoms with Crippen molar-refractivity contribution in [1.29, 1.82) is 0 Å². The second-order valence-electron chi connectivity index (χ2n) is 8.04. The number of rotatable bonds is 5. The van der Waals surface area contributed by atoms with Crippen LogP contribution in [0.5, 0.6) is 0 Å². The Morgan fingerprint density at radius 1 is 1.25 bits per heavy atom. The topological polar surface area (TPSA) is 87.7 Å². The lowest BCUT2D eigenvalue weighted by Crippen LogP contribution is -2.54. The average molecular weight is 450 g/mol. The molecular weight excluding hydrogens is 426 g/mol. The zero-order valence-corrected chi connectivity index (χ0v) is 17.7. The molecule has 4 atom stereocenters. The van der Waals surface area contributed by atoms with Crippen LogP contribution < -0.4 is 10.6 Å². The third-order valence-electron chi connectivity index (χ3n) is 6.15. The molecule has 0 aliphatic carbocycles. The van der Waals surface area contributed by atoms with Crippen LogP contribution in [0.4, 0.5) is 5.69 Å². The lowest BCUT2D eigenvalue weighted by molar-refractivity contribution is -0.143. The fourth-order valence-corrected chi connectivity index (χ4v) is 5.29. The number of amides is 3. The molecule has 0 radical (unpaired) electrons. The summed E-state index contributed by atoms with van der Waals surface area (Å²) in [7, 11) is 1.59. The van der Waals surface area contributed by atoms with Gasteiger partial charge < -0.3 is 10.1 Å². The van der Waals surface area contributed by atoms with Crippen molar-refractivity contribution in [1.82, 2.24) is 10.2 Å². The van der Waals surface area contributed by atoms with Crippen LogP contribution in [-0.4, -0.2) is 48.9 Å². The van der Waals surface area contributed by atoms with Crippen molar-refractivity contribution < 1.29 is 19.1 Å². The number of imide groups is 1. The van der Waals surface area contributed by atoms with Gasteiger partial charge in [-0.25, -0.2) is 0 Å². The molecule has 150 valence electrons. The fraction of sp³-hybridized carbons (Fsp3) is 0.550. The van der Waals surface area contributed by atoms with Gasteiger partial charge in [0.2, 0.25) is 17.7 Å². The van der Waals surface area contributed by atoms with Crippen LogP contribution in [0, 0.1) is 17.8 Å². The number of fused-ring (bicyclic) bond motifs is 4. The van der Waals surface area contributed by atoms with Gasteiger partial charge in [0.15, 0.2) is 0 Å². The maximum absolute atomic E-state index is 13.4. The lowest BCUT2D eigenvalue weighted by atomic mass is 9.76. The van der Waals surface area contributed by atoms with Crippen LogP contribution in [0.3, 0.4) is 0 Å². The Labute approximate surface area is 172 Å². The molecular formula is C20H24BrN3O4. The molecule has 4 unspecified atom stereocenters. The van der Waals surface area contributed by atoms with E-state index < -0.39 is 17.4 Å². The van der Waals surface area contributed by atoms with E-state index in [0.717, 1.165) is 10.0 Å². The number of methoxy groups -OCH3 is 1. The van der Waals surface area contributed by atoms with Crippen molar-refractivity contribution in [3.8, 4) is 0 Å². The van der Waals surface area contributed by atoms with Gasteiger partial charge in [-0.1, -0.05) is 29.8 Å². The summed E-state index contributed by atoms with van der Waals surface area (Å²) in [6, 6.07) is 5.28. The zero-order chi connectivity index (χ0) is 20.2. The average Bonchev–Trinajstić information content (AvgIpc) is 3.23. The zero-order valence-electron chi connectivity index (χ0n) is 16.1. The summed E-state index contributed by atoms with van der Waals surface area (Å²) in [5, 5.41) is 6.33. The first kappa shape index (κ1) is 19.5. The molecule has 0 saturated carbocycles. The minimum absolute atomic E-state index is 0.0894. The molecule has 1 spiro atoms. The van der Waals surface area contributed by atoms with Crippen LogP contribution >= 0.6 is 15.9 Å². The number of hydrogen-bond donors (Lipinski definition) is 2.